The Hall–Kier alpha value is -1.76. The van der Waals surface area contributed by atoms with Crippen LogP contribution in [0.1, 0.15) is 11.1 Å². The van der Waals surface area contributed by atoms with Crippen LogP contribution in [0.25, 0.3) is 0 Å². The van der Waals surface area contributed by atoms with Crippen molar-refractivity contribution in [3.05, 3.63) is 85.8 Å². The Balaban J connectivity index is 1.88. The van der Waals surface area contributed by atoms with Gasteiger partial charge >= 0.3 is 10.1 Å². The normalized spacial score (nSPS) is 11.8. The van der Waals surface area contributed by atoms with Crippen LogP contribution in [-0.2, 0) is 10.1 Å². The molecule has 29 heavy (non-hydrogen) atoms. The lowest BCUT2D eigenvalue weighted by molar-refractivity contribution is 0.486. The van der Waals surface area contributed by atoms with Gasteiger partial charge in [-0.15, -0.1) is 0 Å². The van der Waals surface area contributed by atoms with E-state index < -0.39 is 10.1 Å². The predicted octanol–water partition coefficient (Wildman–Crippen LogP) is 7.13. The Morgan fingerprint density at radius 2 is 1.45 bits per heavy atom. The van der Waals surface area contributed by atoms with Crippen molar-refractivity contribution in [2.45, 2.75) is 11.8 Å². The highest BCUT2D eigenvalue weighted by molar-refractivity contribution is 7.87. The summed E-state index contributed by atoms with van der Waals surface area (Å²) in [6, 6.07) is 13.9. The number of halogens is 4. The Morgan fingerprint density at radius 3 is 2.07 bits per heavy atom. The van der Waals surface area contributed by atoms with Gasteiger partial charge in [-0.3, -0.25) is 4.99 Å². The molecule has 0 heterocycles. The van der Waals surface area contributed by atoms with Crippen LogP contribution in [0, 0.1) is 6.92 Å². The molecule has 3 aromatic rings. The van der Waals surface area contributed by atoms with Gasteiger partial charge in [0.15, 0.2) is 5.75 Å². The van der Waals surface area contributed by atoms with E-state index in [4.69, 9.17) is 50.6 Å². The maximum atomic E-state index is 12.5. The standard InChI is InChI=1S/C20H13Cl4NO3S/c1-12-2-3-15(22)10-19(12)25-11-13-8-17(23)20(18(24)9-13)28-29(26,27)16-6-4-14(21)5-7-16/h2-11H,1H3. The van der Waals surface area contributed by atoms with E-state index in [0.29, 0.717) is 21.3 Å². The summed E-state index contributed by atoms with van der Waals surface area (Å²) in [5.74, 6) is -0.167. The SMILES string of the molecule is Cc1ccc(Cl)cc1N=Cc1cc(Cl)c(OS(=O)(=O)c2ccc(Cl)cc2)c(Cl)c1. The van der Waals surface area contributed by atoms with Gasteiger partial charge in [0.25, 0.3) is 0 Å². The molecule has 0 aliphatic rings. The summed E-state index contributed by atoms with van der Waals surface area (Å²) in [4.78, 5) is 4.31. The van der Waals surface area contributed by atoms with E-state index in [1.54, 1.807) is 18.3 Å². The quantitative estimate of drug-likeness (QED) is 0.283. The van der Waals surface area contributed by atoms with Gasteiger partial charge in [0, 0.05) is 16.3 Å². The monoisotopic (exact) mass is 487 g/mol. The minimum Gasteiger partial charge on any atom is -0.376 e. The van der Waals surface area contributed by atoms with E-state index in [9.17, 15) is 8.42 Å². The first kappa shape index (κ1) is 21.9. The smallest absolute Gasteiger partial charge is 0.339 e. The maximum absolute atomic E-state index is 12.5. The van der Waals surface area contributed by atoms with Crippen LogP contribution < -0.4 is 4.18 Å². The second-order valence-electron chi connectivity index (χ2n) is 5.99. The first-order chi connectivity index (χ1) is 13.7. The topological polar surface area (TPSA) is 55.7 Å². The second kappa shape index (κ2) is 8.94. The van der Waals surface area contributed by atoms with Gasteiger partial charge < -0.3 is 4.18 Å². The molecule has 0 unspecified atom stereocenters. The first-order valence-electron chi connectivity index (χ1n) is 8.15. The van der Waals surface area contributed by atoms with Crippen molar-refractivity contribution in [1.82, 2.24) is 0 Å². The minimum atomic E-state index is -4.13. The number of nitrogens with zero attached hydrogens (tertiary/aromatic N) is 1. The Labute approximate surface area is 188 Å². The van der Waals surface area contributed by atoms with E-state index in [-0.39, 0.29) is 20.7 Å². The fraction of sp³-hybridized carbons (Fsp3) is 0.0500. The highest BCUT2D eigenvalue weighted by Crippen LogP contribution is 2.36. The third kappa shape index (κ3) is 5.44. The molecule has 0 saturated heterocycles. The third-order valence-corrected chi connectivity index (χ3v) is 6.12. The van der Waals surface area contributed by atoms with E-state index in [2.05, 4.69) is 4.99 Å². The number of benzene rings is 3. The van der Waals surface area contributed by atoms with Crippen LogP contribution in [0.3, 0.4) is 0 Å². The van der Waals surface area contributed by atoms with Gasteiger partial charge in [0.05, 0.1) is 15.7 Å². The van der Waals surface area contributed by atoms with Crippen molar-refractivity contribution in [1.29, 1.82) is 0 Å². The second-order valence-corrected chi connectivity index (χ2v) is 9.23. The van der Waals surface area contributed by atoms with Crippen molar-refractivity contribution in [3.63, 3.8) is 0 Å². The van der Waals surface area contributed by atoms with Crippen LogP contribution >= 0.6 is 46.4 Å². The zero-order valence-corrected chi connectivity index (χ0v) is 18.7. The summed E-state index contributed by atoms with van der Waals surface area (Å²) < 4.78 is 30.1. The van der Waals surface area contributed by atoms with Gasteiger partial charge in [-0.1, -0.05) is 52.5 Å². The predicted molar refractivity (Wildman–Crippen MR) is 119 cm³/mol. The third-order valence-electron chi connectivity index (χ3n) is 3.84. The summed E-state index contributed by atoms with van der Waals surface area (Å²) in [6.07, 6.45) is 1.55. The average molecular weight is 489 g/mol. The number of aliphatic imine (C=N–C) groups is 1. The van der Waals surface area contributed by atoms with Crippen LogP contribution in [0.4, 0.5) is 5.69 Å². The molecule has 0 N–H and O–H groups in total. The zero-order chi connectivity index (χ0) is 21.2. The van der Waals surface area contributed by atoms with Gasteiger partial charge in [0.2, 0.25) is 0 Å². The number of rotatable bonds is 5. The largest absolute Gasteiger partial charge is 0.376 e. The molecule has 0 bridgehead atoms. The fourth-order valence-electron chi connectivity index (χ4n) is 2.36. The lowest BCUT2D eigenvalue weighted by Gasteiger charge is -2.11. The number of hydrogen-bond donors (Lipinski definition) is 0. The van der Waals surface area contributed by atoms with Crippen LogP contribution in [0.5, 0.6) is 5.75 Å². The fourth-order valence-corrected chi connectivity index (χ4v) is 4.29. The van der Waals surface area contributed by atoms with Gasteiger partial charge in [-0.25, -0.2) is 0 Å². The summed E-state index contributed by atoms with van der Waals surface area (Å²) in [5, 5.41) is 1.02. The molecule has 0 amide bonds. The van der Waals surface area contributed by atoms with E-state index in [1.807, 2.05) is 13.0 Å². The van der Waals surface area contributed by atoms with Crippen LogP contribution in [-0.4, -0.2) is 14.6 Å². The van der Waals surface area contributed by atoms with Crippen molar-refractivity contribution in [2.75, 3.05) is 0 Å². The van der Waals surface area contributed by atoms with Crippen molar-refractivity contribution in [3.8, 4) is 5.75 Å². The molecule has 0 fully saturated rings. The molecule has 3 rings (SSSR count). The average Bonchev–Trinajstić information content (AvgIpc) is 2.66. The van der Waals surface area contributed by atoms with E-state index in [1.165, 1.54) is 36.4 Å². The Kier molecular flexibility index (Phi) is 6.76. The first-order valence-corrected chi connectivity index (χ1v) is 11.1. The Morgan fingerprint density at radius 1 is 0.862 bits per heavy atom. The molecule has 0 saturated carbocycles. The molecule has 0 aliphatic heterocycles. The van der Waals surface area contributed by atoms with Gasteiger partial charge in [0.1, 0.15) is 4.90 Å². The zero-order valence-electron chi connectivity index (χ0n) is 14.9. The van der Waals surface area contributed by atoms with Crippen LogP contribution in [0.15, 0.2) is 64.5 Å². The van der Waals surface area contributed by atoms with Gasteiger partial charge in [-0.05, 0) is 66.6 Å². The molecular weight excluding hydrogens is 476 g/mol. The molecule has 150 valence electrons. The summed E-state index contributed by atoms with van der Waals surface area (Å²) >= 11 is 24.2. The molecule has 9 heteroatoms. The Bertz CT molecular complexity index is 1170. The summed E-state index contributed by atoms with van der Waals surface area (Å²) in [5.41, 5.74) is 2.20. The maximum Gasteiger partial charge on any atom is 0.339 e. The molecule has 4 nitrogen and oxygen atoms in total. The lowest BCUT2D eigenvalue weighted by Crippen LogP contribution is -2.10. The number of hydrogen-bond acceptors (Lipinski definition) is 4. The molecule has 0 aromatic heterocycles. The summed E-state index contributed by atoms with van der Waals surface area (Å²) in [6.45, 7) is 1.90. The van der Waals surface area contributed by atoms with E-state index >= 15 is 0 Å². The summed E-state index contributed by atoms with van der Waals surface area (Å²) in [7, 11) is -4.13. The molecule has 0 radical (unpaired) electrons. The molecular formula is C20H13Cl4NO3S. The van der Waals surface area contributed by atoms with Crippen LogP contribution in [0.2, 0.25) is 20.1 Å². The molecule has 0 atom stereocenters. The highest BCUT2D eigenvalue weighted by atomic mass is 35.5. The van der Waals surface area contributed by atoms with Crippen molar-refractivity contribution in [2.24, 2.45) is 4.99 Å². The molecule has 0 aliphatic carbocycles. The molecule has 3 aromatic carbocycles. The van der Waals surface area contributed by atoms with E-state index in [0.717, 1.165) is 5.56 Å². The van der Waals surface area contributed by atoms with Crippen molar-refractivity contribution >= 4 is 68.4 Å². The lowest BCUT2D eigenvalue weighted by atomic mass is 10.2. The molecule has 0 spiro atoms. The number of aryl methyl sites for hydroxylation is 1. The van der Waals surface area contributed by atoms with Crippen molar-refractivity contribution < 1.29 is 12.6 Å². The minimum absolute atomic E-state index is 0.0271. The highest BCUT2D eigenvalue weighted by Gasteiger charge is 2.21. The van der Waals surface area contributed by atoms with Gasteiger partial charge in [-0.2, -0.15) is 8.42 Å².